The van der Waals surface area contributed by atoms with E-state index in [2.05, 4.69) is 4.98 Å². The molecule has 0 saturated carbocycles. The molecule has 0 radical (unpaired) electrons. The van der Waals surface area contributed by atoms with Gasteiger partial charge in [-0.3, -0.25) is 0 Å². The molecule has 0 aliphatic heterocycles. The standard InChI is InChI=1S/C7H9NO2.C2H6/c1-4-3-6(7(9)10)8-5(4)2;1-2/h3,8H,1-2H3,(H,9,10);1-2H3. The Balaban J connectivity index is 0.000000561. The average Bonchev–Trinajstić information content (AvgIpc) is 2.36. The lowest BCUT2D eigenvalue weighted by Crippen LogP contribution is -1.95. The van der Waals surface area contributed by atoms with Gasteiger partial charge in [0.05, 0.1) is 0 Å². The van der Waals surface area contributed by atoms with Crippen LogP contribution in [-0.4, -0.2) is 16.1 Å². The van der Waals surface area contributed by atoms with Gasteiger partial charge in [0.15, 0.2) is 0 Å². The van der Waals surface area contributed by atoms with E-state index in [0.29, 0.717) is 0 Å². The Bertz CT molecular complexity index is 244. The summed E-state index contributed by atoms with van der Waals surface area (Å²) in [6, 6.07) is 1.62. The van der Waals surface area contributed by atoms with Gasteiger partial charge in [-0.1, -0.05) is 13.8 Å². The van der Waals surface area contributed by atoms with Crippen LogP contribution in [0.4, 0.5) is 0 Å². The molecule has 0 aromatic carbocycles. The number of hydrogen-bond acceptors (Lipinski definition) is 1. The minimum atomic E-state index is -0.906. The van der Waals surface area contributed by atoms with E-state index in [1.807, 2.05) is 27.7 Å². The van der Waals surface area contributed by atoms with Crippen molar-refractivity contribution in [3.8, 4) is 0 Å². The molecule has 0 fully saturated rings. The molecule has 0 bridgehead atoms. The monoisotopic (exact) mass is 169 g/mol. The number of carbonyl (C=O) groups is 1. The summed E-state index contributed by atoms with van der Waals surface area (Å²) in [6.45, 7) is 7.72. The van der Waals surface area contributed by atoms with Crippen molar-refractivity contribution < 1.29 is 9.90 Å². The van der Waals surface area contributed by atoms with Crippen molar-refractivity contribution in [1.82, 2.24) is 4.98 Å². The van der Waals surface area contributed by atoms with E-state index in [1.54, 1.807) is 6.07 Å². The largest absolute Gasteiger partial charge is 0.477 e. The maximum atomic E-state index is 10.3. The summed E-state index contributed by atoms with van der Waals surface area (Å²) in [7, 11) is 0. The van der Waals surface area contributed by atoms with E-state index in [1.165, 1.54) is 0 Å². The summed E-state index contributed by atoms with van der Waals surface area (Å²) in [5, 5.41) is 8.49. The maximum absolute atomic E-state index is 10.3. The zero-order valence-corrected chi connectivity index (χ0v) is 7.93. The van der Waals surface area contributed by atoms with E-state index >= 15 is 0 Å². The van der Waals surface area contributed by atoms with Crippen LogP contribution in [0, 0.1) is 13.8 Å². The first kappa shape index (κ1) is 10.8. The first-order valence-corrected chi connectivity index (χ1v) is 4.01. The van der Waals surface area contributed by atoms with Crippen LogP contribution in [0.5, 0.6) is 0 Å². The Morgan fingerprint density at radius 3 is 2.08 bits per heavy atom. The van der Waals surface area contributed by atoms with Crippen molar-refractivity contribution in [3.63, 3.8) is 0 Å². The van der Waals surface area contributed by atoms with Crippen LogP contribution >= 0.6 is 0 Å². The Morgan fingerprint density at radius 1 is 1.42 bits per heavy atom. The number of H-pyrrole nitrogens is 1. The molecule has 1 rings (SSSR count). The Morgan fingerprint density at radius 2 is 1.92 bits per heavy atom. The molecule has 0 unspecified atom stereocenters. The van der Waals surface area contributed by atoms with Gasteiger partial charge in [0.25, 0.3) is 0 Å². The molecular formula is C9H15NO2. The molecule has 0 amide bonds. The van der Waals surface area contributed by atoms with Crippen molar-refractivity contribution in [2.45, 2.75) is 27.7 Å². The quantitative estimate of drug-likeness (QED) is 0.678. The molecule has 0 atom stereocenters. The number of aromatic nitrogens is 1. The van der Waals surface area contributed by atoms with Crippen LogP contribution < -0.4 is 0 Å². The molecule has 0 aliphatic carbocycles. The minimum absolute atomic E-state index is 0.259. The molecule has 3 nitrogen and oxygen atoms in total. The zero-order chi connectivity index (χ0) is 9.72. The number of carboxylic acids is 1. The summed E-state index contributed by atoms with van der Waals surface area (Å²) < 4.78 is 0. The SMILES string of the molecule is CC.Cc1cc(C(=O)O)[nH]c1C. The highest BCUT2D eigenvalue weighted by Crippen LogP contribution is 2.07. The number of nitrogens with one attached hydrogen (secondary N) is 1. The van der Waals surface area contributed by atoms with Gasteiger partial charge in [0.1, 0.15) is 5.69 Å². The second-order valence-corrected chi connectivity index (χ2v) is 2.30. The predicted octanol–water partition coefficient (Wildman–Crippen LogP) is 2.36. The molecule has 0 spiro atoms. The average molecular weight is 169 g/mol. The molecular weight excluding hydrogens is 154 g/mol. The van der Waals surface area contributed by atoms with E-state index < -0.39 is 5.97 Å². The lowest BCUT2D eigenvalue weighted by molar-refractivity contribution is 0.0691. The number of hydrogen-bond donors (Lipinski definition) is 2. The van der Waals surface area contributed by atoms with Crippen LogP contribution in [0.25, 0.3) is 0 Å². The highest BCUT2D eigenvalue weighted by Gasteiger charge is 2.05. The number of aromatic amines is 1. The van der Waals surface area contributed by atoms with Gasteiger partial charge < -0.3 is 10.1 Å². The van der Waals surface area contributed by atoms with Gasteiger partial charge in [0, 0.05) is 5.69 Å². The van der Waals surface area contributed by atoms with Crippen molar-refractivity contribution >= 4 is 5.97 Å². The number of rotatable bonds is 1. The molecule has 3 heteroatoms. The molecule has 0 saturated heterocycles. The van der Waals surface area contributed by atoms with Crippen molar-refractivity contribution in [2.24, 2.45) is 0 Å². The molecule has 2 N–H and O–H groups in total. The van der Waals surface area contributed by atoms with Crippen molar-refractivity contribution in [3.05, 3.63) is 23.0 Å². The molecule has 0 aliphatic rings. The van der Waals surface area contributed by atoms with Gasteiger partial charge >= 0.3 is 5.97 Å². The predicted molar refractivity (Wildman–Crippen MR) is 48.6 cm³/mol. The fourth-order valence-electron chi connectivity index (χ4n) is 0.777. The van der Waals surface area contributed by atoms with Crippen LogP contribution in [0.2, 0.25) is 0 Å². The van der Waals surface area contributed by atoms with Gasteiger partial charge in [-0.15, -0.1) is 0 Å². The van der Waals surface area contributed by atoms with Crippen LogP contribution in [0.1, 0.15) is 35.6 Å². The Labute approximate surface area is 72.4 Å². The zero-order valence-electron chi connectivity index (χ0n) is 7.93. The van der Waals surface area contributed by atoms with Crippen LogP contribution in [-0.2, 0) is 0 Å². The number of aryl methyl sites for hydroxylation is 2. The Hall–Kier alpha value is -1.25. The third-order valence-corrected chi connectivity index (χ3v) is 1.50. The summed E-state index contributed by atoms with van der Waals surface area (Å²) >= 11 is 0. The number of carboxylic acid groups (broad SMARTS) is 1. The molecule has 1 aromatic rings. The Kier molecular flexibility index (Phi) is 4.11. The van der Waals surface area contributed by atoms with Gasteiger partial charge in [-0.05, 0) is 25.5 Å². The smallest absolute Gasteiger partial charge is 0.352 e. The first-order valence-electron chi connectivity index (χ1n) is 4.01. The van der Waals surface area contributed by atoms with E-state index in [0.717, 1.165) is 11.3 Å². The second kappa shape index (κ2) is 4.59. The van der Waals surface area contributed by atoms with Gasteiger partial charge in [0.2, 0.25) is 0 Å². The minimum Gasteiger partial charge on any atom is -0.477 e. The topological polar surface area (TPSA) is 53.1 Å². The van der Waals surface area contributed by atoms with Crippen LogP contribution in [0.3, 0.4) is 0 Å². The fourth-order valence-corrected chi connectivity index (χ4v) is 0.777. The fraction of sp³-hybridized carbons (Fsp3) is 0.444. The van der Waals surface area contributed by atoms with Crippen molar-refractivity contribution in [2.75, 3.05) is 0 Å². The summed E-state index contributed by atoms with van der Waals surface area (Å²) in [4.78, 5) is 13.1. The second-order valence-electron chi connectivity index (χ2n) is 2.30. The lowest BCUT2D eigenvalue weighted by atomic mass is 10.3. The van der Waals surface area contributed by atoms with Gasteiger partial charge in [-0.25, -0.2) is 4.79 Å². The van der Waals surface area contributed by atoms with E-state index in [-0.39, 0.29) is 5.69 Å². The summed E-state index contributed by atoms with van der Waals surface area (Å²) in [5.74, 6) is -0.906. The molecule has 1 heterocycles. The third-order valence-electron chi connectivity index (χ3n) is 1.50. The third kappa shape index (κ3) is 2.42. The molecule has 12 heavy (non-hydrogen) atoms. The first-order chi connectivity index (χ1) is 5.61. The van der Waals surface area contributed by atoms with Gasteiger partial charge in [-0.2, -0.15) is 0 Å². The van der Waals surface area contributed by atoms with E-state index in [9.17, 15) is 4.79 Å². The normalized spacial score (nSPS) is 8.67. The number of aromatic carboxylic acids is 1. The summed E-state index contributed by atoms with van der Waals surface area (Å²) in [6.07, 6.45) is 0. The summed E-state index contributed by atoms with van der Waals surface area (Å²) in [5.41, 5.74) is 2.16. The highest BCUT2D eigenvalue weighted by molar-refractivity contribution is 5.85. The molecule has 1 aromatic heterocycles. The van der Waals surface area contributed by atoms with Crippen LogP contribution in [0.15, 0.2) is 6.07 Å². The van der Waals surface area contributed by atoms with E-state index in [4.69, 9.17) is 5.11 Å². The highest BCUT2D eigenvalue weighted by atomic mass is 16.4. The lowest BCUT2D eigenvalue weighted by Gasteiger charge is -1.84. The maximum Gasteiger partial charge on any atom is 0.352 e. The van der Waals surface area contributed by atoms with Crippen molar-refractivity contribution in [1.29, 1.82) is 0 Å². The molecule has 68 valence electrons.